The van der Waals surface area contributed by atoms with Gasteiger partial charge in [-0.2, -0.15) is 4.31 Å². The fourth-order valence-electron chi connectivity index (χ4n) is 3.80. The summed E-state index contributed by atoms with van der Waals surface area (Å²) in [4.78, 5) is 4.42. The summed E-state index contributed by atoms with van der Waals surface area (Å²) in [6.07, 6.45) is 3.31. The van der Waals surface area contributed by atoms with E-state index in [-0.39, 0.29) is 24.2 Å². The largest absolute Gasteiger partial charge is 0.330 e. The number of pyridine rings is 1. The van der Waals surface area contributed by atoms with Crippen molar-refractivity contribution in [2.75, 3.05) is 19.6 Å². The molecule has 1 aliphatic heterocycles. The Balaban J connectivity index is 0.00000210. The van der Waals surface area contributed by atoms with E-state index in [2.05, 4.69) is 4.98 Å². The number of benzene rings is 2. The van der Waals surface area contributed by atoms with E-state index in [1.807, 2.05) is 36.4 Å². The molecule has 1 aliphatic rings. The van der Waals surface area contributed by atoms with E-state index < -0.39 is 10.0 Å². The first-order chi connectivity index (χ1) is 12.6. The average Bonchev–Trinajstić information content (AvgIpc) is 3.13. The predicted molar refractivity (Wildman–Crippen MR) is 109 cm³/mol. The lowest BCUT2D eigenvalue weighted by atomic mass is 9.89. The first-order valence-corrected chi connectivity index (χ1v) is 10.1. The fraction of sp³-hybridized carbons (Fsp3) is 0.250. The molecular weight excluding hydrogens is 382 g/mol. The number of hydrogen-bond donors (Lipinski definition) is 1. The Morgan fingerprint density at radius 3 is 2.56 bits per heavy atom. The minimum atomic E-state index is -3.60. The third kappa shape index (κ3) is 3.58. The zero-order valence-corrected chi connectivity index (χ0v) is 16.4. The molecule has 7 heteroatoms. The van der Waals surface area contributed by atoms with Gasteiger partial charge in [0, 0.05) is 42.2 Å². The smallest absolute Gasteiger partial charge is 0.243 e. The quantitative estimate of drug-likeness (QED) is 0.726. The number of nitrogens with zero attached hydrogens (tertiary/aromatic N) is 2. The third-order valence-corrected chi connectivity index (χ3v) is 7.09. The molecular formula is C20H22ClN3O2S. The normalized spacial score (nSPS) is 20.5. The van der Waals surface area contributed by atoms with Gasteiger partial charge in [0.05, 0.1) is 4.90 Å². The lowest BCUT2D eigenvalue weighted by Crippen LogP contribution is -2.30. The van der Waals surface area contributed by atoms with Crippen molar-refractivity contribution in [3.63, 3.8) is 0 Å². The van der Waals surface area contributed by atoms with Crippen LogP contribution in [0.4, 0.5) is 0 Å². The molecule has 0 spiro atoms. The lowest BCUT2D eigenvalue weighted by molar-refractivity contribution is 0.459. The van der Waals surface area contributed by atoms with Crippen LogP contribution >= 0.6 is 12.4 Å². The van der Waals surface area contributed by atoms with Gasteiger partial charge >= 0.3 is 0 Å². The van der Waals surface area contributed by atoms with Crippen LogP contribution in [0.1, 0.15) is 11.5 Å². The number of sulfonamides is 1. The number of fused-ring (bicyclic) bond motifs is 1. The molecule has 1 saturated heterocycles. The van der Waals surface area contributed by atoms with E-state index in [1.165, 1.54) is 0 Å². The molecule has 2 N–H and O–H groups in total. The monoisotopic (exact) mass is 403 g/mol. The van der Waals surface area contributed by atoms with Gasteiger partial charge in [0.25, 0.3) is 0 Å². The van der Waals surface area contributed by atoms with Gasteiger partial charge < -0.3 is 5.73 Å². The molecule has 0 amide bonds. The Labute approximate surface area is 165 Å². The van der Waals surface area contributed by atoms with Crippen LogP contribution in [-0.4, -0.2) is 37.3 Å². The maximum Gasteiger partial charge on any atom is 0.243 e. The zero-order valence-electron chi connectivity index (χ0n) is 14.7. The summed E-state index contributed by atoms with van der Waals surface area (Å²) in [6, 6.07) is 17.1. The Hall–Kier alpha value is -1.99. The standard InChI is InChI=1S/C20H21N3O2S.ClH/c21-11-17-13-23(14-19(17)15-5-2-1-3-6-15)26(24,25)20-8-4-7-16-12-22-10-9-18(16)20;/h1-10,12,17,19H,11,13-14,21H2;1H/t17-,19+;/m1./s1. The van der Waals surface area contributed by atoms with Crippen molar-refractivity contribution in [2.24, 2.45) is 11.7 Å². The molecule has 27 heavy (non-hydrogen) atoms. The van der Waals surface area contributed by atoms with Gasteiger partial charge in [0.15, 0.2) is 0 Å². The predicted octanol–water partition coefficient (Wildman–Crippen LogP) is 3.02. The Morgan fingerprint density at radius 1 is 1.04 bits per heavy atom. The van der Waals surface area contributed by atoms with E-state index >= 15 is 0 Å². The molecule has 0 radical (unpaired) electrons. The van der Waals surface area contributed by atoms with Crippen LogP contribution in [0, 0.1) is 5.92 Å². The van der Waals surface area contributed by atoms with Gasteiger partial charge in [-0.3, -0.25) is 4.98 Å². The first kappa shape index (κ1) is 19.8. The highest BCUT2D eigenvalue weighted by atomic mass is 35.5. The van der Waals surface area contributed by atoms with Crippen LogP contribution < -0.4 is 5.73 Å². The molecule has 142 valence electrons. The summed E-state index contributed by atoms with van der Waals surface area (Å²) in [5.74, 6) is 0.233. The average molecular weight is 404 g/mol. The SMILES string of the molecule is Cl.NC[C@@H]1CN(S(=O)(=O)c2cccc3cnccc23)C[C@H]1c1ccccc1. The molecule has 1 aromatic heterocycles. The van der Waals surface area contributed by atoms with Crippen molar-refractivity contribution in [1.29, 1.82) is 0 Å². The highest BCUT2D eigenvalue weighted by Gasteiger charge is 2.39. The lowest BCUT2D eigenvalue weighted by Gasteiger charge is -2.18. The van der Waals surface area contributed by atoms with Crippen molar-refractivity contribution in [1.82, 2.24) is 9.29 Å². The molecule has 2 atom stereocenters. The topological polar surface area (TPSA) is 76.3 Å². The molecule has 0 aliphatic carbocycles. The Morgan fingerprint density at radius 2 is 1.81 bits per heavy atom. The van der Waals surface area contributed by atoms with E-state index in [4.69, 9.17) is 5.73 Å². The molecule has 4 rings (SSSR count). The zero-order chi connectivity index (χ0) is 18.1. The van der Waals surface area contributed by atoms with Gasteiger partial charge in [-0.15, -0.1) is 12.4 Å². The molecule has 2 heterocycles. The minimum Gasteiger partial charge on any atom is -0.330 e. The second-order valence-electron chi connectivity index (χ2n) is 6.69. The van der Waals surface area contributed by atoms with Crippen LogP contribution in [0.3, 0.4) is 0 Å². The Bertz CT molecular complexity index is 1020. The van der Waals surface area contributed by atoms with Gasteiger partial charge in [-0.05, 0) is 30.2 Å². The maximum absolute atomic E-state index is 13.4. The van der Waals surface area contributed by atoms with Gasteiger partial charge in [-0.1, -0.05) is 42.5 Å². The molecule has 5 nitrogen and oxygen atoms in total. The molecule has 1 fully saturated rings. The van der Waals surface area contributed by atoms with E-state index in [9.17, 15) is 8.42 Å². The van der Waals surface area contributed by atoms with E-state index in [1.54, 1.807) is 34.9 Å². The van der Waals surface area contributed by atoms with Crippen LogP contribution in [-0.2, 0) is 10.0 Å². The highest BCUT2D eigenvalue weighted by molar-refractivity contribution is 7.89. The summed E-state index contributed by atoms with van der Waals surface area (Å²) in [5.41, 5.74) is 7.11. The molecule has 0 unspecified atom stereocenters. The van der Waals surface area contributed by atoms with Gasteiger partial charge in [-0.25, -0.2) is 8.42 Å². The Kier molecular flexibility index (Phi) is 5.81. The van der Waals surface area contributed by atoms with Gasteiger partial charge in [0.2, 0.25) is 10.0 Å². The number of hydrogen-bond acceptors (Lipinski definition) is 4. The van der Waals surface area contributed by atoms with Crippen LogP contribution in [0.15, 0.2) is 71.9 Å². The summed E-state index contributed by atoms with van der Waals surface area (Å²) < 4.78 is 28.3. The summed E-state index contributed by atoms with van der Waals surface area (Å²) in [7, 11) is -3.60. The van der Waals surface area contributed by atoms with E-state index in [0.29, 0.717) is 29.9 Å². The number of aromatic nitrogens is 1. The van der Waals surface area contributed by atoms with E-state index in [0.717, 1.165) is 10.9 Å². The third-order valence-electron chi connectivity index (χ3n) is 5.20. The highest BCUT2D eigenvalue weighted by Crippen LogP contribution is 2.36. The summed E-state index contributed by atoms with van der Waals surface area (Å²) in [5, 5.41) is 1.53. The second kappa shape index (κ2) is 7.94. The second-order valence-corrected chi connectivity index (χ2v) is 8.59. The van der Waals surface area contributed by atoms with Crippen molar-refractivity contribution >= 4 is 33.2 Å². The maximum atomic E-state index is 13.4. The molecule has 3 aromatic rings. The summed E-state index contributed by atoms with van der Waals surface area (Å²) in [6.45, 7) is 1.36. The van der Waals surface area contributed by atoms with Gasteiger partial charge in [0.1, 0.15) is 0 Å². The fourth-order valence-corrected chi connectivity index (χ4v) is 5.54. The van der Waals surface area contributed by atoms with Crippen molar-refractivity contribution < 1.29 is 8.42 Å². The van der Waals surface area contributed by atoms with Crippen LogP contribution in [0.5, 0.6) is 0 Å². The molecule has 2 aromatic carbocycles. The molecule has 0 bridgehead atoms. The van der Waals surface area contributed by atoms with Crippen molar-refractivity contribution in [3.8, 4) is 0 Å². The van der Waals surface area contributed by atoms with Crippen molar-refractivity contribution in [2.45, 2.75) is 10.8 Å². The number of nitrogens with two attached hydrogens (primary N) is 1. The molecule has 0 saturated carbocycles. The van der Waals surface area contributed by atoms with Crippen LogP contribution in [0.25, 0.3) is 10.8 Å². The summed E-state index contributed by atoms with van der Waals surface area (Å²) >= 11 is 0. The number of halogens is 1. The minimum absolute atomic E-state index is 0. The number of rotatable bonds is 4. The first-order valence-electron chi connectivity index (χ1n) is 8.69. The van der Waals surface area contributed by atoms with Crippen LogP contribution in [0.2, 0.25) is 0 Å². The van der Waals surface area contributed by atoms with Crippen molar-refractivity contribution in [3.05, 3.63) is 72.6 Å².